The van der Waals surface area contributed by atoms with E-state index in [-0.39, 0.29) is 6.04 Å². The third kappa shape index (κ3) is 5.27. The highest BCUT2D eigenvalue weighted by Crippen LogP contribution is 2.33. The van der Waals surface area contributed by atoms with Gasteiger partial charge in [0.15, 0.2) is 0 Å². The van der Waals surface area contributed by atoms with Crippen molar-refractivity contribution in [3.63, 3.8) is 0 Å². The second kappa shape index (κ2) is 7.49. The van der Waals surface area contributed by atoms with Crippen LogP contribution in [-0.4, -0.2) is 26.0 Å². The summed E-state index contributed by atoms with van der Waals surface area (Å²) in [5, 5.41) is 0. The number of sulfone groups is 1. The maximum Gasteiger partial charge on any atom is 0.150 e. The molecule has 2 N–H and O–H groups in total. The maximum absolute atomic E-state index is 11.7. The van der Waals surface area contributed by atoms with E-state index in [0.717, 1.165) is 31.6 Å². The number of nitrogens with two attached hydrogens (primary N) is 1. The van der Waals surface area contributed by atoms with Crippen LogP contribution in [0.25, 0.3) is 0 Å². The standard InChI is InChI=1S/C14H29NO2S/c1-3-5-12-6-7-14(15)13(11-12)8-10-18(16,17)9-4-2/h12-14H,3-11,15H2,1-2H3. The molecule has 3 unspecified atom stereocenters. The van der Waals surface area contributed by atoms with Crippen LogP contribution in [0, 0.1) is 11.8 Å². The molecule has 0 radical (unpaired) electrons. The van der Waals surface area contributed by atoms with Gasteiger partial charge in [0.05, 0.1) is 5.75 Å². The van der Waals surface area contributed by atoms with Crippen LogP contribution in [0.5, 0.6) is 0 Å². The summed E-state index contributed by atoms with van der Waals surface area (Å²) >= 11 is 0. The Balaban J connectivity index is 2.44. The Morgan fingerprint density at radius 3 is 2.39 bits per heavy atom. The Morgan fingerprint density at radius 1 is 1.06 bits per heavy atom. The van der Waals surface area contributed by atoms with E-state index < -0.39 is 9.84 Å². The van der Waals surface area contributed by atoms with Crippen molar-refractivity contribution in [3.8, 4) is 0 Å². The predicted molar refractivity (Wildman–Crippen MR) is 77.3 cm³/mol. The Labute approximate surface area is 112 Å². The van der Waals surface area contributed by atoms with Gasteiger partial charge in [-0.15, -0.1) is 0 Å². The SMILES string of the molecule is CCCC1CCC(N)C(CCS(=O)(=O)CCC)C1. The van der Waals surface area contributed by atoms with Gasteiger partial charge in [0.25, 0.3) is 0 Å². The molecular weight excluding hydrogens is 246 g/mol. The molecule has 0 aromatic carbocycles. The van der Waals surface area contributed by atoms with Crippen molar-refractivity contribution in [2.45, 2.75) is 64.8 Å². The molecule has 0 aromatic rings. The van der Waals surface area contributed by atoms with E-state index in [1.54, 1.807) is 0 Å². The summed E-state index contributed by atoms with van der Waals surface area (Å²) in [5.41, 5.74) is 6.15. The first-order valence-corrected chi connectivity index (χ1v) is 9.26. The van der Waals surface area contributed by atoms with Gasteiger partial charge in [-0.25, -0.2) is 8.42 Å². The van der Waals surface area contributed by atoms with Crippen LogP contribution in [0.4, 0.5) is 0 Å². The lowest BCUT2D eigenvalue weighted by Gasteiger charge is -2.34. The van der Waals surface area contributed by atoms with Crippen molar-refractivity contribution in [1.82, 2.24) is 0 Å². The summed E-state index contributed by atoms with van der Waals surface area (Å²) in [6.45, 7) is 4.14. The van der Waals surface area contributed by atoms with Crippen LogP contribution >= 0.6 is 0 Å². The molecule has 1 rings (SSSR count). The van der Waals surface area contributed by atoms with Crippen LogP contribution in [0.15, 0.2) is 0 Å². The molecular formula is C14H29NO2S. The predicted octanol–water partition coefficient (Wildman–Crippen LogP) is 2.75. The van der Waals surface area contributed by atoms with E-state index in [9.17, 15) is 8.42 Å². The minimum atomic E-state index is -2.84. The third-order valence-corrected chi connectivity index (χ3v) is 6.05. The molecule has 0 aromatic heterocycles. The summed E-state index contributed by atoms with van der Waals surface area (Å²) < 4.78 is 23.5. The molecule has 0 saturated heterocycles. The first-order valence-electron chi connectivity index (χ1n) is 7.44. The van der Waals surface area contributed by atoms with Gasteiger partial charge in [-0.3, -0.25) is 0 Å². The van der Waals surface area contributed by atoms with Crippen molar-refractivity contribution in [2.75, 3.05) is 11.5 Å². The Hall–Kier alpha value is -0.0900. The molecule has 108 valence electrons. The van der Waals surface area contributed by atoms with Crippen molar-refractivity contribution < 1.29 is 8.42 Å². The summed E-state index contributed by atoms with van der Waals surface area (Å²) in [6, 6.07) is 0.218. The van der Waals surface area contributed by atoms with Gasteiger partial charge in [0, 0.05) is 11.8 Å². The minimum absolute atomic E-state index is 0.218. The summed E-state index contributed by atoms with van der Waals surface area (Å²) in [7, 11) is -2.84. The van der Waals surface area contributed by atoms with E-state index in [0.29, 0.717) is 17.4 Å². The van der Waals surface area contributed by atoms with Crippen LogP contribution in [-0.2, 0) is 9.84 Å². The zero-order valence-corrected chi connectivity index (χ0v) is 12.7. The lowest BCUT2D eigenvalue weighted by molar-refractivity contribution is 0.218. The maximum atomic E-state index is 11.7. The largest absolute Gasteiger partial charge is 0.327 e. The Kier molecular flexibility index (Phi) is 6.64. The molecule has 0 amide bonds. The molecule has 1 fully saturated rings. The summed E-state index contributed by atoms with van der Waals surface area (Å²) in [4.78, 5) is 0. The highest BCUT2D eigenvalue weighted by molar-refractivity contribution is 7.91. The van der Waals surface area contributed by atoms with Crippen molar-refractivity contribution >= 4 is 9.84 Å². The Bertz CT molecular complexity index is 327. The second-order valence-electron chi connectivity index (χ2n) is 5.83. The monoisotopic (exact) mass is 275 g/mol. The van der Waals surface area contributed by atoms with Crippen LogP contribution in [0.1, 0.15) is 58.8 Å². The lowest BCUT2D eigenvalue weighted by Crippen LogP contribution is -2.37. The minimum Gasteiger partial charge on any atom is -0.327 e. The fraction of sp³-hybridized carbons (Fsp3) is 1.00. The van der Waals surface area contributed by atoms with E-state index in [2.05, 4.69) is 6.92 Å². The van der Waals surface area contributed by atoms with E-state index in [4.69, 9.17) is 5.73 Å². The van der Waals surface area contributed by atoms with Gasteiger partial charge in [-0.05, 0) is 43.9 Å². The van der Waals surface area contributed by atoms with Gasteiger partial charge in [0.1, 0.15) is 9.84 Å². The molecule has 4 heteroatoms. The van der Waals surface area contributed by atoms with Crippen molar-refractivity contribution in [2.24, 2.45) is 17.6 Å². The Morgan fingerprint density at radius 2 is 1.78 bits per heavy atom. The zero-order valence-electron chi connectivity index (χ0n) is 11.9. The molecule has 1 aliphatic carbocycles. The van der Waals surface area contributed by atoms with Crippen molar-refractivity contribution in [1.29, 1.82) is 0 Å². The van der Waals surface area contributed by atoms with E-state index >= 15 is 0 Å². The van der Waals surface area contributed by atoms with Crippen molar-refractivity contribution in [3.05, 3.63) is 0 Å². The molecule has 1 aliphatic rings. The summed E-state index contributed by atoms with van der Waals surface area (Å²) in [6.07, 6.45) is 7.42. The molecule has 3 nitrogen and oxygen atoms in total. The number of rotatable bonds is 7. The quantitative estimate of drug-likeness (QED) is 0.777. The number of hydrogen-bond acceptors (Lipinski definition) is 3. The zero-order chi connectivity index (χ0) is 13.6. The molecule has 0 bridgehead atoms. The third-order valence-electron chi connectivity index (χ3n) is 4.16. The van der Waals surface area contributed by atoms with Crippen LogP contribution in [0.2, 0.25) is 0 Å². The van der Waals surface area contributed by atoms with Gasteiger partial charge in [-0.2, -0.15) is 0 Å². The molecule has 0 spiro atoms. The van der Waals surface area contributed by atoms with Gasteiger partial charge < -0.3 is 5.73 Å². The highest BCUT2D eigenvalue weighted by Gasteiger charge is 2.28. The molecule has 18 heavy (non-hydrogen) atoms. The molecule has 1 saturated carbocycles. The van der Waals surface area contributed by atoms with E-state index in [1.807, 2.05) is 6.92 Å². The topological polar surface area (TPSA) is 60.2 Å². The lowest BCUT2D eigenvalue weighted by atomic mass is 9.75. The molecule has 3 atom stereocenters. The van der Waals surface area contributed by atoms with Gasteiger partial charge >= 0.3 is 0 Å². The van der Waals surface area contributed by atoms with Gasteiger partial charge in [-0.1, -0.05) is 26.7 Å². The first-order chi connectivity index (χ1) is 8.48. The fourth-order valence-electron chi connectivity index (χ4n) is 3.13. The average Bonchev–Trinajstić information content (AvgIpc) is 2.30. The first kappa shape index (κ1) is 16.0. The van der Waals surface area contributed by atoms with Crippen LogP contribution < -0.4 is 5.73 Å². The normalized spacial score (nSPS) is 29.4. The fourth-order valence-corrected chi connectivity index (χ4v) is 4.62. The highest BCUT2D eigenvalue weighted by atomic mass is 32.2. The second-order valence-corrected chi connectivity index (χ2v) is 8.14. The molecule has 0 heterocycles. The number of hydrogen-bond donors (Lipinski definition) is 1. The molecule has 0 aliphatic heterocycles. The smallest absolute Gasteiger partial charge is 0.150 e. The average molecular weight is 275 g/mol. The van der Waals surface area contributed by atoms with Crippen LogP contribution in [0.3, 0.4) is 0 Å². The summed E-state index contributed by atoms with van der Waals surface area (Å²) in [5.74, 6) is 1.85. The van der Waals surface area contributed by atoms with Gasteiger partial charge in [0.2, 0.25) is 0 Å². The van der Waals surface area contributed by atoms with E-state index in [1.165, 1.54) is 19.3 Å².